The van der Waals surface area contributed by atoms with Gasteiger partial charge in [0.15, 0.2) is 11.5 Å². The van der Waals surface area contributed by atoms with Gasteiger partial charge in [0, 0.05) is 19.0 Å². The van der Waals surface area contributed by atoms with Crippen LogP contribution in [-0.4, -0.2) is 44.0 Å². The van der Waals surface area contributed by atoms with Gasteiger partial charge in [-0.2, -0.15) is 0 Å². The van der Waals surface area contributed by atoms with Crippen molar-refractivity contribution in [3.8, 4) is 51.0 Å². The van der Waals surface area contributed by atoms with Gasteiger partial charge in [0.25, 0.3) is 0 Å². The lowest BCUT2D eigenvalue weighted by Gasteiger charge is -2.23. The molecule has 0 aromatic heterocycles. The molecule has 0 aliphatic carbocycles. The minimum Gasteiger partial charge on any atom is -0.508 e. The molecule has 3 aromatic rings. The Bertz CT molecular complexity index is 1240. The first-order chi connectivity index (χ1) is 16.7. The van der Waals surface area contributed by atoms with Crippen molar-refractivity contribution >= 4 is 11.6 Å². The predicted octanol–water partition coefficient (Wildman–Crippen LogP) is 5.78. The summed E-state index contributed by atoms with van der Waals surface area (Å²) in [5, 5.41) is 20.9. The van der Waals surface area contributed by atoms with Crippen molar-refractivity contribution in [3.63, 3.8) is 0 Å². The molecule has 7 nitrogen and oxygen atoms in total. The molecule has 0 unspecified atom stereocenters. The molecule has 1 amide bonds. The van der Waals surface area contributed by atoms with Gasteiger partial charge in [-0.15, -0.1) is 0 Å². The van der Waals surface area contributed by atoms with Crippen LogP contribution < -0.4 is 19.1 Å². The molecule has 3 aromatic carbocycles. The van der Waals surface area contributed by atoms with Crippen molar-refractivity contribution in [2.75, 3.05) is 32.8 Å². The van der Waals surface area contributed by atoms with Gasteiger partial charge in [-0.25, -0.2) is 0 Å². The molecular formula is C28H31NO6. The zero-order chi connectivity index (χ0) is 25.7. The van der Waals surface area contributed by atoms with E-state index >= 15 is 0 Å². The Morgan fingerprint density at radius 2 is 1.49 bits per heavy atom. The molecule has 0 saturated heterocycles. The lowest BCUT2D eigenvalue weighted by atomic mass is 9.96. The Kier molecular flexibility index (Phi) is 7.91. The van der Waals surface area contributed by atoms with Gasteiger partial charge in [0.1, 0.15) is 17.2 Å². The largest absolute Gasteiger partial charge is 0.508 e. The third kappa shape index (κ3) is 5.35. The fraction of sp³-hybridized carbons (Fsp3) is 0.250. The second-order valence-electron chi connectivity index (χ2n) is 8.23. The third-order valence-corrected chi connectivity index (χ3v) is 5.64. The number of nitrogens with zero attached hydrogens (tertiary/aromatic N) is 1. The summed E-state index contributed by atoms with van der Waals surface area (Å²) in [7, 11) is 4.54. The highest BCUT2D eigenvalue weighted by molar-refractivity contribution is 5.95. The van der Waals surface area contributed by atoms with Gasteiger partial charge in [-0.1, -0.05) is 29.8 Å². The van der Waals surface area contributed by atoms with Gasteiger partial charge >= 0.3 is 0 Å². The molecule has 0 radical (unpaired) electrons. The number of carbonyl (C=O) groups is 1. The Morgan fingerprint density at radius 3 is 2.03 bits per heavy atom. The van der Waals surface area contributed by atoms with E-state index in [1.54, 1.807) is 53.4 Å². The highest BCUT2D eigenvalue weighted by Gasteiger charge is 2.23. The summed E-state index contributed by atoms with van der Waals surface area (Å²) in [6.07, 6.45) is 1.97. The Balaban J connectivity index is 2.18. The van der Waals surface area contributed by atoms with Crippen LogP contribution in [0.3, 0.4) is 0 Å². The number of anilines is 1. The summed E-state index contributed by atoms with van der Waals surface area (Å²) in [4.78, 5) is 14.0. The maximum Gasteiger partial charge on any atom is 0.224 e. The van der Waals surface area contributed by atoms with Gasteiger partial charge in [0.05, 0.1) is 32.6 Å². The van der Waals surface area contributed by atoms with Crippen LogP contribution in [0, 0.1) is 0 Å². The van der Waals surface area contributed by atoms with Crippen molar-refractivity contribution in [1.82, 2.24) is 0 Å². The van der Waals surface area contributed by atoms with Crippen molar-refractivity contribution < 1.29 is 29.2 Å². The Labute approximate surface area is 205 Å². The van der Waals surface area contributed by atoms with Crippen LogP contribution >= 0.6 is 0 Å². The lowest BCUT2D eigenvalue weighted by molar-refractivity contribution is -0.116. The first-order valence-electron chi connectivity index (χ1n) is 11.1. The maximum absolute atomic E-state index is 12.4. The van der Waals surface area contributed by atoms with Crippen LogP contribution in [0.2, 0.25) is 0 Å². The van der Waals surface area contributed by atoms with Crippen molar-refractivity contribution in [2.24, 2.45) is 0 Å². The van der Waals surface area contributed by atoms with Gasteiger partial charge in [0.2, 0.25) is 5.91 Å². The molecule has 0 atom stereocenters. The number of methoxy groups -OCH3 is 3. The highest BCUT2D eigenvalue weighted by atomic mass is 16.5. The van der Waals surface area contributed by atoms with Crippen molar-refractivity contribution in [3.05, 3.63) is 60.2 Å². The molecule has 7 heteroatoms. The molecule has 0 spiro atoms. The van der Waals surface area contributed by atoms with E-state index < -0.39 is 0 Å². The minimum absolute atomic E-state index is 0.0994. The molecule has 35 heavy (non-hydrogen) atoms. The molecule has 0 aliphatic rings. The summed E-state index contributed by atoms with van der Waals surface area (Å²) in [6.45, 7) is 5.87. The summed E-state index contributed by atoms with van der Waals surface area (Å²) >= 11 is 0. The van der Waals surface area contributed by atoms with Crippen LogP contribution in [0.4, 0.5) is 5.69 Å². The first-order valence-corrected chi connectivity index (χ1v) is 11.1. The Morgan fingerprint density at radius 1 is 0.857 bits per heavy atom. The number of ether oxygens (including phenoxy) is 3. The van der Waals surface area contributed by atoms with E-state index in [1.807, 2.05) is 19.9 Å². The van der Waals surface area contributed by atoms with Crippen LogP contribution in [0.15, 0.2) is 60.2 Å². The van der Waals surface area contributed by atoms with Gasteiger partial charge in [-0.3, -0.25) is 4.79 Å². The first kappa shape index (κ1) is 25.5. The van der Waals surface area contributed by atoms with Gasteiger partial charge < -0.3 is 29.3 Å². The topological polar surface area (TPSA) is 88.5 Å². The summed E-state index contributed by atoms with van der Waals surface area (Å²) in [5.41, 5.74) is 4.12. The zero-order valence-corrected chi connectivity index (χ0v) is 20.9. The minimum atomic E-state index is -0.117. The standard InChI is InChI=1S/C28H31NO6/c1-17(2)13-14-29(18(3)30)23-12-9-20(15-24(23)33-4)26-25(34-5)16-22(28(35-6)27(26)32)19-7-10-21(31)11-8-19/h7-13,15-16,31-32H,14H2,1-6H3. The average Bonchev–Trinajstić information content (AvgIpc) is 2.83. The van der Waals surface area contributed by atoms with E-state index in [-0.39, 0.29) is 23.2 Å². The van der Waals surface area contributed by atoms with E-state index in [2.05, 4.69) is 0 Å². The van der Waals surface area contributed by atoms with E-state index in [0.717, 1.165) is 11.1 Å². The van der Waals surface area contributed by atoms with E-state index in [1.165, 1.54) is 28.3 Å². The number of hydrogen-bond donors (Lipinski definition) is 2. The normalized spacial score (nSPS) is 10.5. The number of allylic oxidation sites excluding steroid dienone is 1. The van der Waals surface area contributed by atoms with E-state index in [9.17, 15) is 15.0 Å². The fourth-order valence-corrected chi connectivity index (χ4v) is 3.86. The second-order valence-corrected chi connectivity index (χ2v) is 8.23. The number of amides is 1. The highest BCUT2D eigenvalue weighted by Crippen LogP contribution is 2.50. The average molecular weight is 478 g/mol. The van der Waals surface area contributed by atoms with Gasteiger partial charge in [-0.05, 0) is 55.3 Å². The number of benzene rings is 3. The van der Waals surface area contributed by atoms with E-state index in [4.69, 9.17) is 14.2 Å². The summed E-state index contributed by atoms with van der Waals surface area (Å²) in [6, 6.07) is 13.7. The maximum atomic E-state index is 12.4. The molecule has 0 aliphatic heterocycles. The quantitative estimate of drug-likeness (QED) is 0.400. The van der Waals surface area contributed by atoms with Crippen LogP contribution in [0.5, 0.6) is 28.7 Å². The number of rotatable bonds is 8. The molecule has 184 valence electrons. The molecular weight excluding hydrogens is 446 g/mol. The summed E-state index contributed by atoms with van der Waals surface area (Å²) < 4.78 is 16.8. The number of phenols is 2. The number of phenolic OH excluding ortho intramolecular Hbond substituents is 2. The van der Waals surface area contributed by atoms with Crippen LogP contribution in [0.25, 0.3) is 22.3 Å². The van der Waals surface area contributed by atoms with E-state index in [0.29, 0.717) is 40.4 Å². The summed E-state index contributed by atoms with van der Waals surface area (Å²) in [5.74, 6) is 1.09. The molecule has 0 saturated carbocycles. The van der Waals surface area contributed by atoms with Crippen molar-refractivity contribution in [2.45, 2.75) is 20.8 Å². The number of hydrogen-bond acceptors (Lipinski definition) is 6. The third-order valence-electron chi connectivity index (χ3n) is 5.64. The second kappa shape index (κ2) is 10.9. The molecule has 0 heterocycles. The molecule has 0 fully saturated rings. The molecule has 0 bridgehead atoms. The van der Waals surface area contributed by atoms with Crippen molar-refractivity contribution in [1.29, 1.82) is 0 Å². The molecule has 2 N–H and O–H groups in total. The number of aromatic hydroxyl groups is 2. The lowest BCUT2D eigenvalue weighted by Crippen LogP contribution is -2.29. The molecule has 3 rings (SSSR count). The fourth-order valence-electron chi connectivity index (χ4n) is 3.86. The predicted molar refractivity (Wildman–Crippen MR) is 138 cm³/mol. The van der Waals surface area contributed by atoms with Crippen LogP contribution in [0.1, 0.15) is 20.8 Å². The van der Waals surface area contributed by atoms with Crippen LogP contribution in [-0.2, 0) is 4.79 Å². The monoisotopic (exact) mass is 477 g/mol. The number of carbonyl (C=O) groups excluding carboxylic acids is 1. The smallest absolute Gasteiger partial charge is 0.224 e. The Hall–Kier alpha value is -4.13. The SMILES string of the molecule is COc1cc(-c2c(OC)cc(-c3ccc(O)cc3)c(OC)c2O)ccc1N(CC=C(C)C)C(C)=O. The zero-order valence-electron chi connectivity index (χ0n) is 20.9.